The predicted molar refractivity (Wildman–Crippen MR) is 22.2 cm³/mol. The number of hydrogen-bond acceptors (Lipinski definition) is 4. The lowest BCUT2D eigenvalue weighted by Gasteiger charge is -1.92. The molecule has 0 rings (SSSR count). The zero-order valence-corrected chi connectivity index (χ0v) is 3.77. The summed E-state index contributed by atoms with van der Waals surface area (Å²) in [5.41, 5.74) is 4.31. The third-order valence-electron chi connectivity index (χ3n) is 0.454. The number of aliphatic hydroxyl groups excluding tert-OH is 1. The molecule has 0 bridgehead atoms. The number of nitro groups is 1. The van der Waals surface area contributed by atoms with E-state index in [1.807, 2.05) is 0 Å². The van der Waals surface area contributed by atoms with Crippen LogP contribution in [0, 0.1) is 10.1 Å². The van der Waals surface area contributed by atoms with Crippen molar-refractivity contribution in [3.63, 3.8) is 0 Å². The van der Waals surface area contributed by atoms with Gasteiger partial charge in [-0.2, -0.15) is 0 Å². The monoisotopic (exact) mass is 120 g/mol. The fourth-order valence-electron chi connectivity index (χ4n) is 0.104. The van der Waals surface area contributed by atoms with Crippen LogP contribution in [0.3, 0.4) is 0 Å². The summed E-state index contributed by atoms with van der Waals surface area (Å²) in [6.07, 6.45) is -2.27. The van der Waals surface area contributed by atoms with E-state index >= 15 is 0 Å². The van der Waals surface area contributed by atoms with E-state index in [1.54, 1.807) is 0 Å². The van der Waals surface area contributed by atoms with Crippen molar-refractivity contribution in [3.8, 4) is 0 Å². The van der Waals surface area contributed by atoms with Gasteiger partial charge in [0, 0.05) is 0 Å². The van der Waals surface area contributed by atoms with Crippen LogP contribution in [0.4, 0.5) is 0 Å². The highest BCUT2D eigenvalue weighted by Crippen LogP contribution is 1.78. The Hall–Kier alpha value is -1.17. The van der Waals surface area contributed by atoms with E-state index in [9.17, 15) is 14.9 Å². The quantitative estimate of drug-likeness (QED) is 0.251. The first kappa shape index (κ1) is 6.83. The number of carbonyl (C=O) groups excluding carboxylic acids is 1. The minimum atomic E-state index is -2.27. The third kappa shape index (κ3) is 1.52. The summed E-state index contributed by atoms with van der Waals surface area (Å²) in [5, 5.41) is 17.4. The first-order chi connectivity index (χ1) is 3.55. The molecule has 0 aliphatic heterocycles. The Kier molecular flexibility index (Phi) is 1.89. The lowest BCUT2D eigenvalue weighted by atomic mass is 10.6. The van der Waals surface area contributed by atoms with Crippen LogP contribution in [0.1, 0.15) is 0 Å². The van der Waals surface area contributed by atoms with E-state index in [-0.39, 0.29) is 0 Å². The van der Waals surface area contributed by atoms with Gasteiger partial charge in [-0.15, -0.1) is 0 Å². The SMILES string of the molecule is NC(=O)C(O)[N+](=O)[O-]. The van der Waals surface area contributed by atoms with Crippen molar-refractivity contribution in [2.45, 2.75) is 6.23 Å². The Morgan fingerprint density at radius 1 is 1.88 bits per heavy atom. The van der Waals surface area contributed by atoms with Crippen LogP contribution in [-0.2, 0) is 4.79 Å². The Bertz CT molecular complexity index is 107. The number of hydrogen-bond donors (Lipinski definition) is 2. The van der Waals surface area contributed by atoms with Gasteiger partial charge in [0.05, 0.1) is 4.92 Å². The van der Waals surface area contributed by atoms with E-state index < -0.39 is 17.1 Å². The van der Waals surface area contributed by atoms with Crippen molar-refractivity contribution < 1.29 is 14.8 Å². The van der Waals surface area contributed by atoms with Crippen molar-refractivity contribution in [2.75, 3.05) is 0 Å². The van der Waals surface area contributed by atoms with Crippen molar-refractivity contribution in [1.29, 1.82) is 0 Å². The summed E-state index contributed by atoms with van der Waals surface area (Å²) in [7, 11) is 0. The standard InChI is InChI=1S/C2H4N2O4/c3-1(5)2(6)4(7)8/h2,6H,(H2,3,5). The van der Waals surface area contributed by atoms with Crippen molar-refractivity contribution in [1.82, 2.24) is 0 Å². The molecule has 0 fully saturated rings. The van der Waals surface area contributed by atoms with Crippen LogP contribution in [0.5, 0.6) is 0 Å². The fourth-order valence-corrected chi connectivity index (χ4v) is 0.104. The predicted octanol–water partition coefficient (Wildman–Crippen LogP) is -1.93. The highest BCUT2D eigenvalue weighted by molar-refractivity contribution is 5.76. The van der Waals surface area contributed by atoms with Gasteiger partial charge in [0.15, 0.2) is 0 Å². The van der Waals surface area contributed by atoms with Crippen LogP contribution < -0.4 is 5.73 Å². The maximum atomic E-state index is 9.67. The zero-order chi connectivity index (χ0) is 6.73. The first-order valence-corrected chi connectivity index (χ1v) is 1.66. The molecule has 46 valence electrons. The van der Waals surface area contributed by atoms with Gasteiger partial charge in [-0.25, -0.2) is 0 Å². The second-order valence-corrected chi connectivity index (χ2v) is 1.06. The Morgan fingerprint density at radius 2 is 2.25 bits per heavy atom. The average Bonchev–Trinajstić information content (AvgIpc) is 1.64. The van der Waals surface area contributed by atoms with E-state index in [1.165, 1.54) is 0 Å². The number of rotatable bonds is 2. The molecule has 0 aliphatic rings. The number of nitrogens with two attached hydrogens (primary N) is 1. The zero-order valence-electron chi connectivity index (χ0n) is 3.77. The lowest BCUT2D eigenvalue weighted by Crippen LogP contribution is -2.34. The molecule has 1 amide bonds. The van der Waals surface area contributed by atoms with Gasteiger partial charge in [0.1, 0.15) is 0 Å². The molecular weight excluding hydrogens is 116 g/mol. The molecule has 0 radical (unpaired) electrons. The molecule has 6 heteroatoms. The van der Waals surface area contributed by atoms with Gasteiger partial charge in [0.25, 0.3) is 0 Å². The van der Waals surface area contributed by atoms with E-state index in [0.29, 0.717) is 0 Å². The number of amides is 1. The summed E-state index contributed by atoms with van der Waals surface area (Å²) in [5.74, 6) is -1.35. The molecule has 0 aromatic heterocycles. The second kappa shape index (κ2) is 2.22. The Morgan fingerprint density at radius 3 is 2.25 bits per heavy atom. The molecule has 1 atom stereocenters. The van der Waals surface area contributed by atoms with E-state index in [4.69, 9.17) is 5.11 Å². The molecule has 1 unspecified atom stereocenters. The molecule has 0 aliphatic carbocycles. The highest BCUT2D eigenvalue weighted by atomic mass is 16.7. The van der Waals surface area contributed by atoms with Gasteiger partial charge in [-0.1, -0.05) is 0 Å². The molecule has 3 N–H and O–H groups in total. The van der Waals surface area contributed by atoms with Crippen LogP contribution in [0.25, 0.3) is 0 Å². The number of nitrogens with zero attached hydrogens (tertiary/aromatic N) is 1. The summed E-state index contributed by atoms with van der Waals surface area (Å²) in [6.45, 7) is 0. The van der Waals surface area contributed by atoms with Crippen molar-refractivity contribution in [3.05, 3.63) is 10.1 Å². The summed E-state index contributed by atoms with van der Waals surface area (Å²) >= 11 is 0. The van der Waals surface area contributed by atoms with Gasteiger partial charge >= 0.3 is 12.1 Å². The number of carbonyl (C=O) groups is 1. The molecule has 0 saturated carbocycles. The van der Waals surface area contributed by atoms with Crippen molar-refractivity contribution >= 4 is 5.91 Å². The van der Waals surface area contributed by atoms with Gasteiger partial charge < -0.3 is 10.8 Å². The molecule has 0 heterocycles. The topological polar surface area (TPSA) is 106 Å². The summed E-state index contributed by atoms with van der Waals surface area (Å²) in [6, 6.07) is 0. The van der Waals surface area contributed by atoms with E-state index in [2.05, 4.69) is 5.73 Å². The lowest BCUT2D eigenvalue weighted by molar-refractivity contribution is -0.552. The minimum absolute atomic E-state index is 1.18. The number of primary amides is 1. The van der Waals surface area contributed by atoms with Crippen molar-refractivity contribution in [2.24, 2.45) is 5.73 Å². The third-order valence-corrected chi connectivity index (χ3v) is 0.454. The Labute approximate surface area is 44.1 Å². The summed E-state index contributed by atoms with van der Waals surface area (Å²) < 4.78 is 0. The van der Waals surface area contributed by atoms with Crippen LogP contribution in [0.2, 0.25) is 0 Å². The smallest absolute Gasteiger partial charge is 0.361 e. The molecule has 0 spiro atoms. The van der Waals surface area contributed by atoms with Gasteiger partial charge in [0.2, 0.25) is 0 Å². The van der Waals surface area contributed by atoms with Gasteiger partial charge in [-0.05, 0) is 0 Å². The summed E-state index contributed by atoms with van der Waals surface area (Å²) in [4.78, 5) is 17.9. The minimum Gasteiger partial charge on any atom is -0.361 e. The molecule has 0 saturated heterocycles. The molecule has 0 aromatic rings. The Balaban J connectivity index is 3.83. The average molecular weight is 120 g/mol. The van der Waals surface area contributed by atoms with Crippen LogP contribution in [-0.4, -0.2) is 22.2 Å². The maximum absolute atomic E-state index is 9.67. The molecular formula is C2H4N2O4. The van der Waals surface area contributed by atoms with Crippen LogP contribution in [0.15, 0.2) is 0 Å². The van der Waals surface area contributed by atoms with Crippen LogP contribution >= 0.6 is 0 Å². The molecule has 6 nitrogen and oxygen atoms in total. The molecule has 8 heavy (non-hydrogen) atoms. The fraction of sp³-hybridized carbons (Fsp3) is 0.500. The highest BCUT2D eigenvalue weighted by Gasteiger charge is 2.21. The van der Waals surface area contributed by atoms with E-state index in [0.717, 1.165) is 0 Å². The van der Waals surface area contributed by atoms with Gasteiger partial charge in [-0.3, -0.25) is 14.9 Å². The second-order valence-electron chi connectivity index (χ2n) is 1.06. The maximum Gasteiger partial charge on any atom is 0.392 e. The number of aliphatic hydroxyl groups is 1. The first-order valence-electron chi connectivity index (χ1n) is 1.66. The largest absolute Gasteiger partial charge is 0.392 e. The normalized spacial score (nSPS) is 12.6. The molecule has 0 aromatic carbocycles.